The minimum atomic E-state index is -4.43. The van der Waals surface area contributed by atoms with E-state index in [9.17, 15) is 18.0 Å². The Morgan fingerprint density at radius 2 is 1.55 bits per heavy atom. The van der Waals surface area contributed by atoms with Gasteiger partial charge in [-0.1, -0.05) is 73.0 Å². The summed E-state index contributed by atoms with van der Waals surface area (Å²) < 4.78 is 55.5. The van der Waals surface area contributed by atoms with E-state index in [0.29, 0.717) is 10.8 Å². The van der Waals surface area contributed by atoms with Crippen LogP contribution in [0.15, 0.2) is 102 Å². The van der Waals surface area contributed by atoms with E-state index < -0.39 is 34.3 Å². The van der Waals surface area contributed by atoms with Gasteiger partial charge in [-0.25, -0.2) is 12.8 Å². The number of anilines is 1. The third-order valence-electron chi connectivity index (χ3n) is 8.61. The van der Waals surface area contributed by atoms with Crippen molar-refractivity contribution in [1.29, 1.82) is 0 Å². The first kappa shape index (κ1) is 35.7. The molecule has 4 aromatic rings. The summed E-state index contributed by atoms with van der Waals surface area (Å²) in [5.41, 5.74) is 1.13. The number of halogens is 2. The molecule has 5 rings (SSSR count). The molecule has 12 heteroatoms. The first-order chi connectivity index (χ1) is 23.6. The molecule has 49 heavy (non-hydrogen) atoms. The van der Waals surface area contributed by atoms with Crippen LogP contribution in [0.3, 0.4) is 0 Å². The first-order valence-corrected chi connectivity index (χ1v) is 17.8. The fourth-order valence-corrected chi connectivity index (χ4v) is 7.53. The minimum absolute atomic E-state index is 0.0489. The molecule has 0 aromatic heterocycles. The van der Waals surface area contributed by atoms with Crippen LogP contribution >= 0.6 is 11.6 Å². The van der Waals surface area contributed by atoms with Crippen molar-refractivity contribution in [2.24, 2.45) is 0 Å². The van der Waals surface area contributed by atoms with Gasteiger partial charge in [0.15, 0.2) is 11.5 Å². The number of ether oxygens (including phenoxy) is 2. The van der Waals surface area contributed by atoms with Crippen molar-refractivity contribution in [3.63, 3.8) is 0 Å². The fourth-order valence-electron chi connectivity index (χ4n) is 5.97. The van der Waals surface area contributed by atoms with E-state index in [4.69, 9.17) is 21.1 Å². The normalized spacial score (nSPS) is 13.8. The zero-order chi connectivity index (χ0) is 35.0. The van der Waals surface area contributed by atoms with Gasteiger partial charge in [-0.05, 0) is 60.9 Å². The maximum absolute atomic E-state index is 15.2. The van der Waals surface area contributed by atoms with Crippen LogP contribution in [0.2, 0.25) is 5.02 Å². The number of benzene rings is 4. The second kappa shape index (κ2) is 16.2. The summed E-state index contributed by atoms with van der Waals surface area (Å²) in [5, 5.41) is 3.47. The second-order valence-electron chi connectivity index (χ2n) is 11.8. The maximum Gasteiger partial charge on any atom is 0.264 e. The molecule has 4 aromatic carbocycles. The van der Waals surface area contributed by atoms with Crippen molar-refractivity contribution in [2.75, 3.05) is 25.1 Å². The monoisotopic (exact) mass is 707 g/mol. The number of nitrogens with zero attached hydrogens (tertiary/aromatic N) is 2. The lowest BCUT2D eigenvalue weighted by atomic mass is 10.0. The number of amides is 2. The summed E-state index contributed by atoms with van der Waals surface area (Å²) in [5.74, 6) is -1.14. The molecular weight excluding hydrogens is 669 g/mol. The topological polar surface area (TPSA) is 105 Å². The van der Waals surface area contributed by atoms with Crippen molar-refractivity contribution in [3.8, 4) is 11.5 Å². The van der Waals surface area contributed by atoms with Gasteiger partial charge in [-0.3, -0.25) is 13.9 Å². The third-order valence-corrected chi connectivity index (χ3v) is 10.6. The Labute approximate surface area is 291 Å². The molecule has 0 heterocycles. The highest BCUT2D eigenvalue weighted by Crippen LogP contribution is 2.33. The quantitative estimate of drug-likeness (QED) is 0.163. The molecule has 0 radical (unpaired) electrons. The minimum Gasteiger partial charge on any atom is -0.493 e. The van der Waals surface area contributed by atoms with Gasteiger partial charge >= 0.3 is 0 Å². The summed E-state index contributed by atoms with van der Waals surface area (Å²) in [6.45, 7) is -0.972. The summed E-state index contributed by atoms with van der Waals surface area (Å²) in [7, 11) is -1.60. The molecule has 0 spiro atoms. The molecular formula is C37H39ClFN3O6S. The first-order valence-electron chi connectivity index (χ1n) is 16.0. The molecule has 1 fully saturated rings. The third kappa shape index (κ3) is 8.71. The molecule has 1 aliphatic carbocycles. The molecule has 0 bridgehead atoms. The van der Waals surface area contributed by atoms with E-state index in [1.807, 2.05) is 30.3 Å². The molecule has 1 aliphatic rings. The molecule has 0 saturated heterocycles. The van der Waals surface area contributed by atoms with Crippen molar-refractivity contribution in [2.45, 2.75) is 55.6 Å². The van der Waals surface area contributed by atoms with E-state index in [-0.39, 0.29) is 46.8 Å². The molecule has 0 aliphatic heterocycles. The average molecular weight is 708 g/mol. The Hall–Kier alpha value is -4.61. The van der Waals surface area contributed by atoms with Crippen LogP contribution in [0.4, 0.5) is 10.1 Å². The van der Waals surface area contributed by atoms with Crippen LogP contribution < -0.4 is 19.1 Å². The van der Waals surface area contributed by atoms with Gasteiger partial charge in [0.2, 0.25) is 11.8 Å². The lowest BCUT2D eigenvalue weighted by Gasteiger charge is -2.34. The fraction of sp³-hybridized carbons (Fsp3) is 0.297. The van der Waals surface area contributed by atoms with Crippen molar-refractivity contribution >= 4 is 39.1 Å². The Bertz CT molecular complexity index is 1850. The molecule has 1 unspecified atom stereocenters. The van der Waals surface area contributed by atoms with Crippen molar-refractivity contribution < 1.29 is 31.9 Å². The van der Waals surface area contributed by atoms with Crippen LogP contribution in [-0.2, 0) is 32.6 Å². The lowest BCUT2D eigenvalue weighted by Crippen LogP contribution is -2.54. The number of hydrogen-bond donors (Lipinski definition) is 1. The Balaban J connectivity index is 1.59. The van der Waals surface area contributed by atoms with Crippen LogP contribution in [0.1, 0.15) is 36.8 Å². The molecule has 258 valence electrons. The number of methoxy groups -OCH3 is 2. The van der Waals surface area contributed by atoms with Gasteiger partial charge in [0.05, 0.1) is 24.8 Å². The largest absolute Gasteiger partial charge is 0.493 e. The number of rotatable bonds is 14. The number of carbonyl (C=O) groups is 2. The zero-order valence-electron chi connectivity index (χ0n) is 27.4. The molecule has 9 nitrogen and oxygen atoms in total. The summed E-state index contributed by atoms with van der Waals surface area (Å²) in [6.07, 6.45) is 3.73. The van der Waals surface area contributed by atoms with Gasteiger partial charge in [-0.2, -0.15) is 0 Å². The number of carbonyl (C=O) groups excluding carboxylic acids is 2. The van der Waals surface area contributed by atoms with Gasteiger partial charge in [-0.15, -0.1) is 0 Å². The Morgan fingerprint density at radius 3 is 2.20 bits per heavy atom. The van der Waals surface area contributed by atoms with Crippen molar-refractivity contribution in [1.82, 2.24) is 10.2 Å². The highest BCUT2D eigenvalue weighted by molar-refractivity contribution is 7.92. The van der Waals surface area contributed by atoms with Crippen LogP contribution in [0.5, 0.6) is 11.5 Å². The lowest BCUT2D eigenvalue weighted by molar-refractivity contribution is -0.140. The maximum atomic E-state index is 15.2. The molecule has 1 atom stereocenters. The van der Waals surface area contributed by atoms with Gasteiger partial charge in [0.1, 0.15) is 18.4 Å². The van der Waals surface area contributed by atoms with Crippen LogP contribution in [0.25, 0.3) is 0 Å². The van der Waals surface area contributed by atoms with E-state index in [1.165, 1.54) is 73.7 Å². The molecule has 2 amide bonds. The predicted octanol–water partition coefficient (Wildman–Crippen LogP) is 6.39. The highest BCUT2D eigenvalue weighted by atomic mass is 35.5. The second-order valence-corrected chi connectivity index (χ2v) is 14.1. The van der Waals surface area contributed by atoms with Gasteiger partial charge < -0.3 is 19.7 Å². The molecule has 1 saturated carbocycles. The summed E-state index contributed by atoms with van der Waals surface area (Å²) in [4.78, 5) is 29.8. The number of nitrogens with one attached hydrogen (secondary N) is 1. The van der Waals surface area contributed by atoms with E-state index in [1.54, 1.807) is 12.1 Å². The predicted molar refractivity (Wildman–Crippen MR) is 187 cm³/mol. The average Bonchev–Trinajstić information content (AvgIpc) is 3.63. The van der Waals surface area contributed by atoms with E-state index >= 15 is 4.39 Å². The Morgan fingerprint density at radius 1 is 0.898 bits per heavy atom. The van der Waals surface area contributed by atoms with Gasteiger partial charge in [0.25, 0.3) is 10.0 Å². The van der Waals surface area contributed by atoms with Gasteiger partial charge in [0, 0.05) is 35.7 Å². The number of sulfonamides is 1. The number of hydrogen-bond acceptors (Lipinski definition) is 6. The summed E-state index contributed by atoms with van der Waals surface area (Å²) in [6, 6.07) is 24.2. The smallest absolute Gasteiger partial charge is 0.264 e. The molecule has 1 N–H and O–H groups in total. The van der Waals surface area contributed by atoms with E-state index in [2.05, 4.69) is 5.32 Å². The standard InChI is InChI=1S/C37H39ClFN3O6S/c1-47-34-21-20-31(23-35(34)48-2)49(45,46)42(30-18-16-28(38)17-19-30)25-36(43)41(24-27-12-6-9-15-32(27)39)33(22-26-10-4-3-5-11-26)37(44)40-29-13-7-8-14-29/h3-6,9-12,15-21,23,29,33H,7-8,13-14,22,24-25H2,1-2H3,(H,40,44). The van der Waals surface area contributed by atoms with Crippen LogP contribution in [-0.4, -0.2) is 58.0 Å². The Kier molecular flexibility index (Phi) is 11.8. The van der Waals surface area contributed by atoms with Crippen molar-refractivity contribution in [3.05, 3.63) is 119 Å². The van der Waals surface area contributed by atoms with Crippen LogP contribution in [0, 0.1) is 5.82 Å². The van der Waals surface area contributed by atoms with E-state index in [0.717, 1.165) is 35.6 Å². The highest BCUT2D eigenvalue weighted by Gasteiger charge is 2.36. The summed E-state index contributed by atoms with van der Waals surface area (Å²) >= 11 is 6.15. The SMILES string of the molecule is COc1ccc(S(=O)(=O)N(CC(=O)N(Cc2ccccc2F)C(Cc2ccccc2)C(=O)NC2CCCC2)c2ccc(Cl)cc2)cc1OC. The zero-order valence-corrected chi connectivity index (χ0v) is 28.9.